The minimum absolute atomic E-state index is 0.0317. The van der Waals surface area contributed by atoms with E-state index >= 15 is 0 Å². The van der Waals surface area contributed by atoms with E-state index in [-0.39, 0.29) is 22.8 Å². The Morgan fingerprint density at radius 2 is 2.04 bits per heavy atom. The van der Waals surface area contributed by atoms with Crippen LogP contribution in [-0.2, 0) is 19.6 Å². The van der Waals surface area contributed by atoms with Crippen LogP contribution in [0.4, 0.5) is 0 Å². The van der Waals surface area contributed by atoms with Crippen LogP contribution in [0.2, 0.25) is 0 Å². The van der Waals surface area contributed by atoms with Crippen LogP contribution in [0.3, 0.4) is 0 Å². The molecule has 0 unspecified atom stereocenters. The normalized spacial score (nSPS) is 19.9. The number of sulfonamides is 1. The van der Waals surface area contributed by atoms with Crippen LogP contribution >= 0.6 is 0 Å². The van der Waals surface area contributed by atoms with Gasteiger partial charge in [0.25, 0.3) is 10.0 Å². The Balaban J connectivity index is 1.63. The van der Waals surface area contributed by atoms with Gasteiger partial charge < -0.3 is 20.3 Å². The molecule has 1 amide bonds. The number of carbonyl (C=O) groups is 1. The third-order valence-electron chi connectivity index (χ3n) is 5.13. The fourth-order valence-electron chi connectivity index (χ4n) is 3.63. The Labute approximate surface area is 160 Å². The first-order valence-electron chi connectivity index (χ1n) is 8.99. The number of benzene rings is 1. The van der Waals surface area contributed by atoms with Crippen LogP contribution in [0.25, 0.3) is 0 Å². The van der Waals surface area contributed by atoms with Crippen LogP contribution in [0.5, 0.6) is 0 Å². The molecule has 0 spiro atoms. The number of nitrogens with one attached hydrogen (secondary N) is 2. The standard InChI is InChI=1S/C18H26N4O4S/c1-22(17-14-5-3-4-6-15(14)27(24,25)21-17)11-16(23)20-12-18(13-26-2)7-9-19-10-8-18/h3-6,19H,7-13H2,1-2H3,(H,20,23). The molecule has 2 aliphatic heterocycles. The first-order chi connectivity index (χ1) is 12.9. The average Bonchev–Trinajstić information content (AvgIpc) is 2.93. The fraction of sp³-hybridized carbons (Fsp3) is 0.556. The SMILES string of the molecule is COCC1(CNC(=O)CN(C)C2=NS(=O)(=O)c3ccccc32)CCNCC1. The second-order valence-electron chi connectivity index (χ2n) is 7.20. The summed E-state index contributed by atoms with van der Waals surface area (Å²) in [5.41, 5.74) is 0.469. The van der Waals surface area contributed by atoms with E-state index in [0.717, 1.165) is 25.9 Å². The zero-order valence-electron chi connectivity index (χ0n) is 15.7. The predicted octanol–water partition coefficient (Wildman–Crippen LogP) is 0.200. The summed E-state index contributed by atoms with van der Waals surface area (Å²) in [7, 11) is -0.343. The molecule has 0 saturated carbocycles. The van der Waals surface area contributed by atoms with Crippen molar-refractivity contribution < 1.29 is 17.9 Å². The van der Waals surface area contributed by atoms with Crippen molar-refractivity contribution in [2.75, 3.05) is 46.9 Å². The smallest absolute Gasteiger partial charge is 0.285 e. The Bertz CT molecular complexity index is 826. The van der Waals surface area contributed by atoms with Gasteiger partial charge >= 0.3 is 0 Å². The second-order valence-corrected chi connectivity index (χ2v) is 8.77. The molecule has 9 heteroatoms. The summed E-state index contributed by atoms with van der Waals surface area (Å²) in [4.78, 5) is 14.2. The third kappa shape index (κ3) is 4.31. The molecule has 148 valence electrons. The maximum absolute atomic E-state index is 12.5. The molecule has 2 aliphatic rings. The third-order valence-corrected chi connectivity index (χ3v) is 6.46. The molecule has 1 aromatic carbocycles. The molecule has 0 aliphatic carbocycles. The van der Waals surface area contributed by atoms with Gasteiger partial charge in [-0.15, -0.1) is 4.40 Å². The topological polar surface area (TPSA) is 100 Å². The van der Waals surface area contributed by atoms with Gasteiger partial charge in [-0.3, -0.25) is 4.79 Å². The maximum Gasteiger partial charge on any atom is 0.285 e. The van der Waals surface area contributed by atoms with E-state index in [0.29, 0.717) is 24.6 Å². The van der Waals surface area contributed by atoms with Crippen molar-refractivity contribution in [3.8, 4) is 0 Å². The number of ether oxygens (including phenoxy) is 1. The van der Waals surface area contributed by atoms with Crippen LogP contribution < -0.4 is 10.6 Å². The second kappa shape index (κ2) is 7.95. The molecule has 0 atom stereocenters. The van der Waals surface area contributed by atoms with Gasteiger partial charge in [-0.25, -0.2) is 0 Å². The number of amides is 1. The number of fused-ring (bicyclic) bond motifs is 1. The van der Waals surface area contributed by atoms with Crippen molar-refractivity contribution >= 4 is 21.8 Å². The minimum Gasteiger partial charge on any atom is -0.384 e. The first-order valence-corrected chi connectivity index (χ1v) is 10.4. The summed E-state index contributed by atoms with van der Waals surface area (Å²) in [6.07, 6.45) is 1.88. The zero-order chi connectivity index (χ0) is 19.5. The van der Waals surface area contributed by atoms with Gasteiger partial charge in [0.1, 0.15) is 4.90 Å². The van der Waals surface area contributed by atoms with Gasteiger partial charge in [-0.2, -0.15) is 8.42 Å². The maximum atomic E-state index is 12.5. The summed E-state index contributed by atoms with van der Waals surface area (Å²) in [6.45, 7) is 2.98. The summed E-state index contributed by atoms with van der Waals surface area (Å²) in [5.74, 6) is 0.130. The molecular formula is C18H26N4O4S. The molecule has 0 radical (unpaired) electrons. The van der Waals surface area contributed by atoms with Crippen molar-refractivity contribution in [3.63, 3.8) is 0 Å². The van der Waals surface area contributed by atoms with Crippen LogP contribution in [0.1, 0.15) is 18.4 Å². The molecule has 27 heavy (non-hydrogen) atoms. The number of methoxy groups -OCH3 is 1. The molecule has 0 aromatic heterocycles. The lowest BCUT2D eigenvalue weighted by atomic mass is 9.79. The number of nitrogens with zero attached hydrogens (tertiary/aromatic N) is 2. The highest BCUT2D eigenvalue weighted by Gasteiger charge is 2.33. The summed E-state index contributed by atoms with van der Waals surface area (Å²) < 4.78 is 33.5. The van der Waals surface area contributed by atoms with E-state index < -0.39 is 10.0 Å². The van der Waals surface area contributed by atoms with Gasteiger partial charge in [0, 0.05) is 31.7 Å². The van der Waals surface area contributed by atoms with Gasteiger partial charge in [-0.05, 0) is 38.1 Å². The Morgan fingerprint density at radius 1 is 1.33 bits per heavy atom. The van der Waals surface area contributed by atoms with E-state index in [2.05, 4.69) is 15.0 Å². The highest BCUT2D eigenvalue weighted by molar-refractivity contribution is 7.90. The van der Waals surface area contributed by atoms with Gasteiger partial charge in [-0.1, -0.05) is 12.1 Å². The van der Waals surface area contributed by atoms with Crippen LogP contribution in [0.15, 0.2) is 33.6 Å². The lowest BCUT2D eigenvalue weighted by Crippen LogP contribution is -2.49. The molecule has 2 heterocycles. The molecule has 1 fully saturated rings. The number of hydrogen-bond acceptors (Lipinski definition) is 6. The molecule has 8 nitrogen and oxygen atoms in total. The van der Waals surface area contributed by atoms with Crippen LogP contribution in [0, 0.1) is 5.41 Å². The summed E-state index contributed by atoms with van der Waals surface area (Å²) >= 11 is 0. The van der Waals surface area contributed by atoms with Crippen molar-refractivity contribution in [3.05, 3.63) is 29.8 Å². The highest BCUT2D eigenvalue weighted by atomic mass is 32.2. The monoisotopic (exact) mass is 394 g/mol. The van der Waals surface area contributed by atoms with E-state index in [4.69, 9.17) is 4.74 Å². The fourth-order valence-corrected chi connectivity index (χ4v) is 4.88. The summed E-state index contributed by atoms with van der Waals surface area (Å²) in [5, 5.41) is 6.31. The average molecular weight is 394 g/mol. The van der Waals surface area contributed by atoms with E-state index in [9.17, 15) is 13.2 Å². The molecule has 1 aromatic rings. The number of carbonyl (C=O) groups excluding carboxylic acids is 1. The van der Waals surface area contributed by atoms with E-state index in [1.807, 2.05) is 0 Å². The summed E-state index contributed by atoms with van der Waals surface area (Å²) in [6, 6.07) is 6.65. The Hall–Kier alpha value is -1.97. The molecule has 3 rings (SSSR count). The number of piperidine rings is 1. The van der Waals surface area contributed by atoms with Gasteiger partial charge in [0.15, 0.2) is 5.84 Å². The molecule has 1 saturated heterocycles. The predicted molar refractivity (Wildman–Crippen MR) is 102 cm³/mol. The quantitative estimate of drug-likeness (QED) is 0.715. The molecule has 0 bridgehead atoms. The highest BCUT2D eigenvalue weighted by Crippen LogP contribution is 2.29. The largest absolute Gasteiger partial charge is 0.384 e. The van der Waals surface area contributed by atoms with E-state index in [1.165, 1.54) is 6.07 Å². The first kappa shape index (κ1) is 19.8. The minimum atomic E-state index is -3.69. The number of amidine groups is 1. The van der Waals surface area contributed by atoms with Crippen molar-refractivity contribution in [1.82, 2.24) is 15.5 Å². The number of rotatable bonds is 6. The number of hydrogen-bond donors (Lipinski definition) is 2. The lowest BCUT2D eigenvalue weighted by molar-refractivity contribution is -0.122. The van der Waals surface area contributed by atoms with Gasteiger partial charge in [0.2, 0.25) is 5.91 Å². The molecule has 2 N–H and O–H groups in total. The van der Waals surface area contributed by atoms with Gasteiger partial charge in [0.05, 0.1) is 13.2 Å². The van der Waals surface area contributed by atoms with Crippen LogP contribution in [-0.4, -0.2) is 72.0 Å². The van der Waals surface area contributed by atoms with E-state index in [1.54, 1.807) is 37.3 Å². The molecular weight excluding hydrogens is 368 g/mol. The van der Waals surface area contributed by atoms with Crippen molar-refractivity contribution in [2.45, 2.75) is 17.7 Å². The Morgan fingerprint density at radius 3 is 2.74 bits per heavy atom. The lowest BCUT2D eigenvalue weighted by Gasteiger charge is -2.37. The Kier molecular flexibility index (Phi) is 5.83. The van der Waals surface area contributed by atoms with Crippen molar-refractivity contribution in [2.24, 2.45) is 9.81 Å². The van der Waals surface area contributed by atoms with Crippen molar-refractivity contribution in [1.29, 1.82) is 0 Å². The zero-order valence-corrected chi connectivity index (χ0v) is 16.5. The number of likely N-dealkylation sites (N-methyl/N-ethyl adjacent to an activating group) is 1.